The molecule has 2 aliphatic heterocycles. The van der Waals surface area contributed by atoms with E-state index in [4.69, 9.17) is 0 Å². The van der Waals surface area contributed by atoms with Crippen LogP contribution in [-0.2, 0) is 11.2 Å². The van der Waals surface area contributed by atoms with E-state index in [1.54, 1.807) is 6.07 Å². The van der Waals surface area contributed by atoms with Crippen LogP contribution in [-0.4, -0.2) is 60.5 Å². The van der Waals surface area contributed by atoms with Crippen LogP contribution in [0.2, 0.25) is 0 Å². The Balaban J connectivity index is 1.25. The van der Waals surface area contributed by atoms with E-state index in [2.05, 4.69) is 15.5 Å². The van der Waals surface area contributed by atoms with E-state index in [0.717, 1.165) is 69.5 Å². The molecule has 0 aliphatic carbocycles. The molecule has 0 spiro atoms. The highest BCUT2D eigenvalue weighted by molar-refractivity contribution is 5.78. The normalized spacial score (nSPS) is 18.0. The highest BCUT2D eigenvalue weighted by Gasteiger charge is 2.25. The van der Waals surface area contributed by atoms with Crippen molar-refractivity contribution in [1.29, 1.82) is 0 Å². The molecule has 0 saturated carbocycles. The number of hydrogen-bond acceptors (Lipinski definition) is 3. The smallest absolute Gasteiger partial charge is 0.317 e. The Morgan fingerprint density at radius 2 is 1.71 bits per heavy atom. The molecule has 34 heavy (non-hydrogen) atoms. The van der Waals surface area contributed by atoms with Gasteiger partial charge in [-0.15, -0.1) is 0 Å². The predicted octanol–water partition coefficient (Wildman–Crippen LogP) is 3.89. The first-order valence-electron chi connectivity index (χ1n) is 12.4. The van der Waals surface area contributed by atoms with Crippen molar-refractivity contribution >= 4 is 11.9 Å². The average molecular weight is 467 g/mol. The molecule has 2 aromatic rings. The van der Waals surface area contributed by atoms with Gasteiger partial charge in [-0.05, 0) is 55.4 Å². The Morgan fingerprint density at radius 1 is 0.971 bits per heavy atom. The van der Waals surface area contributed by atoms with Gasteiger partial charge in [-0.2, -0.15) is 0 Å². The molecule has 0 bridgehead atoms. The van der Waals surface area contributed by atoms with Gasteiger partial charge >= 0.3 is 6.03 Å². The number of carbonyl (C=O) groups excluding carboxylic acids is 2. The largest absolute Gasteiger partial charge is 0.353 e. The summed E-state index contributed by atoms with van der Waals surface area (Å²) in [6.07, 6.45) is 5.02. The molecule has 6 nitrogen and oxygen atoms in total. The summed E-state index contributed by atoms with van der Waals surface area (Å²) in [7, 11) is 0. The Bertz CT molecular complexity index is 941. The minimum atomic E-state index is -0.287. The number of halogens is 1. The molecule has 4 rings (SSSR count). The molecule has 182 valence electrons. The lowest BCUT2D eigenvalue weighted by Crippen LogP contribution is -2.46. The Hall–Kier alpha value is -2.93. The summed E-state index contributed by atoms with van der Waals surface area (Å²) >= 11 is 0. The van der Waals surface area contributed by atoms with Crippen LogP contribution in [0.4, 0.5) is 9.18 Å². The van der Waals surface area contributed by atoms with Gasteiger partial charge in [0.15, 0.2) is 0 Å². The molecular formula is C27H35FN4O2. The maximum Gasteiger partial charge on any atom is 0.317 e. The van der Waals surface area contributed by atoms with Crippen LogP contribution >= 0.6 is 0 Å². The number of carbonyl (C=O) groups is 2. The van der Waals surface area contributed by atoms with Crippen molar-refractivity contribution in [2.75, 3.05) is 32.7 Å². The zero-order valence-corrected chi connectivity index (χ0v) is 19.7. The molecule has 2 heterocycles. The predicted molar refractivity (Wildman–Crippen MR) is 131 cm³/mol. The second-order valence-electron chi connectivity index (χ2n) is 9.39. The lowest BCUT2D eigenvalue weighted by molar-refractivity contribution is -0.121. The van der Waals surface area contributed by atoms with E-state index < -0.39 is 0 Å². The van der Waals surface area contributed by atoms with Crippen molar-refractivity contribution in [2.24, 2.45) is 0 Å². The molecule has 2 N–H and O–H groups in total. The zero-order valence-electron chi connectivity index (χ0n) is 19.7. The topological polar surface area (TPSA) is 64.7 Å². The SMILES string of the molecule is O=C(Cc1ccccc1)NC1CCN(CCC(NC(=O)N2CCCC2)c2cccc(F)c2)CC1. The number of hydrogen-bond donors (Lipinski definition) is 2. The van der Waals surface area contributed by atoms with Gasteiger partial charge in [0.2, 0.25) is 5.91 Å². The third-order valence-corrected chi connectivity index (χ3v) is 6.84. The maximum absolute atomic E-state index is 13.9. The minimum Gasteiger partial charge on any atom is -0.353 e. The van der Waals surface area contributed by atoms with Gasteiger partial charge in [0.25, 0.3) is 0 Å². The van der Waals surface area contributed by atoms with Crippen molar-refractivity contribution in [3.63, 3.8) is 0 Å². The van der Waals surface area contributed by atoms with Crippen molar-refractivity contribution in [1.82, 2.24) is 20.4 Å². The summed E-state index contributed by atoms with van der Waals surface area (Å²) in [4.78, 5) is 29.3. The van der Waals surface area contributed by atoms with Gasteiger partial charge in [-0.3, -0.25) is 4.79 Å². The van der Waals surface area contributed by atoms with Crippen molar-refractivity contribution in [3.05, 3.63) is 71.5 Å². The summed E-state index contributed by atoms with van der Waals surface area (Å²) in [6, 6.07) is 16.2. The van der Waals surface area contributed by atoms with E-state index in [9.17, 15) is 14.0 Å². The Kier molecular flexibility index (Phi) is 8.52. The molecule has 2 saturated heterocycles. The van der Waals surface area contributed by atoms with Gasteiger partial charge in [0.1, 0.15) is 5.82 Å². The van der Waals surface area contributed by atoms with Crippen LogP contribution in [0.5, 0.6) is 0 Å². The number of piperidine rings is 1. The fraction of sp³-hybridized carbons (Fsp3) is 0.481. The van der Waals surface area contributed by atoms with Gasteiger partial charge in [-0.25, -0.2) is 9.18 Å². The first-order valence-corrected chi connectivity index (χ1v) is 12.4. The third-order valence-electron chi connectivity index (χ3n) is 6.84. The summed E-state index contributed by atoms with van der Waals surface area (Å²) in [5.41, 5.74) is 1.83. The summed E-state index contributed by atoms with van der Waals surface area (Å²) in [5, 5.41) is 6.31. The molecule has 1 atom stereocenters. The first-order chi connectivity index (χ1) is 16.6. The number of nitrogens with zero attached hydrogens (tertiary/aromatic N) is 2. The van der Waals surface area contributed by atoms with Crippen LogP contribution in [0.25, 0.3) is 0 Å². The number of urea groups is 1. The Labute approximate surface area is 201 Å². The highest BCUT2D eigenvalue weighted by atomic mass is 19.1. The van der Waals surface area contributed by atoms with E-state index in [0.29, 0.717) is 12.8 Å². The highest BCUT2D eigenvalue weighted by Crippen LogP contribution is 2.21. The Morgan fingerprint density at radius 3 is 2.41 bits per heavy atom. The van der Waals surface area contributed by atoms with Crippen LogP contribution in [0, 0.1) is 5.82 Å². The van der Waals surface area contributed by atoms with Crippen molar-refractivity contribution < 1.29 is 14.0 Å². The molecule has 2 aliphatic rings. The quantitative estimate of drug-likeness (QED) is 0.621. The molecule has 1 unspecified atom stereocenters. The zero-order chi connectivity index (χ0) is 23.8. The second kappa shape index (κ2) is 12.0. The fourth-order valence-electron chi connectivity index (χ4n) is 4.88. The van der Waals surface area contributed by atoms with E-state index in [-0.39, 0.29) is 29.8 Å². The number of nitrogens with one attached hydrogen (secondary N) is 2. The maximum atomic E-state index is 13.9. The van der Waals surface area contributed by atoms with E-state index >= 15 is 0 Å². The number of amides is 3. The fourth-order valence-corrected chi connectivity index (χ4v) is 4.88. The van der Waals surface area contributed by atoms with Crippen LogP contribution in [0.3, 0.4) is 0 Å². The summed E-state index contributed by atoms with van der Waals surface area (Å²) < 4.78 is 13.9. The van der Waals surface area contributed by atoms with Crippen molar-refractivity contribution in [3.8, 4) is 0 Å². The third kappa shape index (κ3) is 7.03. The van der Waals surface area contributed by atoms with Crippen LogP contribution < -0.4 is 10.6 Å². The van der Waals surface area contributed by atoms with E-state index in [1.165, 1.54) is 12.1 Å². The minimum absolute atomic E-state index is 0.0633. The lowest BCUT2D eigenvalue weighted by Gasteiger charge is -2.33. The molecule has 3 amide bonds. The molecule has 0 radical (unpaired) electrons. The number of likely N-dealkylation sites (tertiary alicyclic amines) is 2. The van der Waals surface area contributed by atoms with Gasteiger partial charge in [0, 0.05) is 38.8 Å². The van der Waals surface area contributed by atoms with Crippen LogP contribution in [0.15, 0.2) is 54.6 Å². The molecule has 7 heteroatoms. The number of rotatable bonds is 8. The molecule has 2 fully saturated rings. The average Bonchev–Trinajstić information content (AvgIpc) is 3.38. The lowest BCUT2D eigenvalue weighted by atomic mass is 10.0. The molecule has 2 aromatic carbocycles. The van der Waals surface area contributed by atoms with Gasteiger partial charge in [-0.1, -0.05) is 42.5 Å². The number of benzene rings is 2. The second-order valence-corrected chi connectivity index (χ2v) is 9.39. The van der Waals surface area contributed by atoms with Crippen molar-refractivity contribution in [2.45, 2.75) is 50.6 Å². The monoisotopic (exact) mass is 466 g/mol. The molecular weight excluding hydrogens is 431 g/mol. The first kappa shape index (κ1) is 24.2. The van der Waals surface area contributed by atoms with Crippen LogP contribution in [0.1, 0.15) is 49.3 Å². The summed E-state index contributed by atoms with van der Waals surface area (Å²) in [6.45, 7) is 4.17. The van der Waals surface area contributed by atoms with Gasteiger partial charge < -0.3 is 20.4 Å². The summed E-state index contributed by atoms with van der Waals surface area (Å²) in [5.74, 6) is -0.217. The van der Waals surface area contributed by atoms with E-state index in [1.807, 2.05) is 41.3 Å². The standard InChI is InChI=1S/C27H35FN4O2/c28-23-10-6-9-22(20-23)25(30-27(34)32-14-4-5-15-32)13-18-31-16-11-24(12-17-31)29-26(33)19-21-7-2-1-3-8-21/h1-3,6-10,20,24-25H,4-5,11-19H2,(H,29,33)(H,30,34). The van der Waals surface area contributed by atoms with Gasteiger partial charge in [0.05, 0.1) is 12.5 Å². The molecule has 0 aromatic heterocycles.